The zero-order valence-corrected chi connectivity index (χ0v) is 18.1. The van der Waals surface area contributed by atoms with Crippen molar-refractivity contribution in [1.82, 2.24) is 0 Å². The monoisotopic (exact) mass is 450 g/mol. The van der Waals surface area contributed by atoms with Crippen LogP contribution in [0.15, 0.2) is 103 Å². The van der Waals surface area contributed by atoms with Crippen LogP contribution in [0.2, 0.25) is 4.44 Å². The molecule has 3 aromatic rings. The Balaban J connectivity index is 2.19. The van der Waals surface area contributed by atoms with Crippen LogP contribution >= 0.6 is 0 Å². The molecule has 0 bridgehead atoms. The van der Waals surface area contributed by atoms with Gasteiger partial charge >= 0.3 is 161 Å². The number of hydrogen-bond acceptors (Lipinski definition) is 1. The molecule has 0 saturated heterocycles. The van der Waals surface area contributed by atoms with Crippen molar-refractivity contribution in [3.05, 3.63) is 103 Å². The normalized spacial score (nSPS) is 13.0. The average Bonchev–Trinajstić information content (AvgIpc) is 2.73. The molecule has 0 amide bonds. The first-order valence-corrected chi connectivity index (χ1v) is 15.6. The van der Waals surface area contributed by atoms with Crippen molar-refractivity contribution in [2.45, 2.75) is 23.9 Å². The first kappa shape index (κ1) is 18.9. The van der Waals surface area contributed by atoms with Gasteiger partial charge in [0.1, 0.15) is 0 Å². The zero-order valence-electron chi connectivity index (χ0n) is 15.3. The Labute approximate surface area is 160 Å². The second-order valence-electron chi connectivity index (χ2n) is 6.61. The fourth-order valence-corrected chi connectivity index (χ4v) is 16.3. The fourth-order valence-electron chi connectivity index (χ4n) is 3.56. The molecule has 0 fully saturated rings. The van der Waals surface area contributed by atoms with Crippen LogP contribution in [0, 0.1) is 0 Å². The maximum atomic E-state index is 10.0. The van der Waals surface area contributed by atoms with Crippen molar-refractivity contribution < 1.29 is 5.11 Å². The summed E-state index contributed by atoms with van der Waals surface area (Å²) < 4.78 is 5.41. The maximum absolute atomic E-state index is 10.0. The minimum absolute atomic E-state index is 0.360. The van der Waals surface area contributed by atoms with Gasteiger partial charge in [0.2, 0.25) is 0 Å². The van der Waals surface area contributed by atoms with E-state index in [-0.39, 0.29) is 6.10 Å². The number of rotatable bonds is 7. The van der Waals surface area contributed by atoms with E-state index in [1.54, 1.807) is 0 Å². The van der Waals surface area contributed by atoms with Crippen LogP contribution in [0.1, 0.15) is 13.3 Å². The van der Waals surface area contributed by atoms with Crippen LogP contribution in [0.25, 0.3) is 0 Å². The van der Waals surface area contributed by atoms with Gasteiger partial charge in [0, 0.05) is 0 Å². The van der Waals surface area contributed by atoms with Crippen LogP contribution in [0.4, 0.5) is 0 Å². The van der Waals surface area contributed by atoms with Gasteiger partial charge in [0.25, 0.3) is 0 Å². The van der Waals surface area contributed by atoms with Crippen LogP contribution in [-0.4, -0.2) is 29.6 Å². The average molecular weight is 449 g/mol. The van der Waals surface area contributed by atoms with E-state index in [1.165, 1.54) is 10.7 Å². The summed E-state index contributed by atoms with van der Waals surface area (Å²) in [5, 5.41) is 10.0. The van der Waals surface area contributed by atoms with E-state index < -0.39 is 18.4 Å². The number of benzene rings is 3. The van der Waals surface area contributed by atoms with Crippen LogP contribution < -0.4 is 10.7 Å². The van der Waals surface area contributed by atoms with E-state index in [4.69, 9.17) is 0 Å². The Bertz CT molecular complexity index is 716. The molecule has 2 heteroatoms. The summed E-state index contributed by atoms with van der Waals surface area (Å²) >= 11 is -3.18. The predicted octanol–water partition coefficient (Wildman–Crippen LogP) is 3.48. The zero-order chi connectivity index (χ0) is 18.2. The Morgan fingerprint density at radius 2 is 1.12 bits per heavy atom. The Morgan fingerprint density at radius 3 is 1.46 bits per heavy atom. The van der Waals surface area contributed by atoms with Gasteiger partial charge in [-0.25, -0.2) is 0 Å². The molecular weight excluding hydrogens is 423 g/mol. The van der Waals surface area contributed by atoms with Gasteiger partial charge in [0.05, 0.1) is 0 Å². The van der Waals surface area contributed by atoms with E-state index in [1.807, 2.05) is 13.0 Å². The molecular formula is C24H26OSn. The van der Waals surface area contributed by atoms with Crippen molar-refractivity contribution in [2.24, 2.45) is 0 Å². The van der Waals surface area contributed by atoms with Gasteiger partial charge in [-0.3, -0.25) is 0 Å². The van der Waals surface area contributed by atoms with E-state index in [9.17, 15) is 5.11 Å². The van der Waals surface area contributed by atoms with Crippen LogP contribution in [-0.2, 0) is 0 Å². The molecule has 0 aliphatic carbocycles. The Morgan fingerprint density at radius 1 is 0.731 bits per heavy atom. The van der Waals surface area contributed by atoms with E-state index in [0.29, 0.717) is 0 Å². The molecule has 0 spiro atoms. The third-order valence-electron chi connectivity index (χ3n) is 5.00. The second kappa shape index (κ2) is 9.20. The summed E-state index contributed by atoms with van der Waals surface area (Å²) in [5.74, 6) is 0. The van der Waals surface area contributed by atoms with Crippen molar-refractivity contribution >= 4 is 29.1 Å². The summed E-state index contributed by atoms with van der Waals surface area (Å²) in [4.78, 5) is 0. The quantitative estimate of drug-likeness (QED) is 0.433. The topological polar surface area (TPSA) is 20.2 Å². The summed E-state index contributed by atoms with van der Waals surface area (Å²) in [6, 6.07) is 32.9. The van der Waals surface area contributed by atoms with Crippen LogP contribution in [0.5, 0.6) is 0 Å². The first-order valence-electron chi connectivity index (χ1n) is 9.28. The Kier molecular flexibility index (Phi) is 6.70. The molecule has 0 aromatic heterocycles. The van der Waals surface area contributed by atoms with Crippen molar-refractivity contribution in [1.29, 1.82) is 0 Å². The molecule has 3 rings (SSSR count). The SMILES string of the molecule is CCC(O)/C=C/[CH2][Sn]([c]1ccccc1)([c]1ccccc1)[c]1ccccc1. The van der Waals surface area contributed by atoms with Gasteiger partial charge in [-0.15, -0.1) is 0 Å². The molecule has 1 unspecified atom stereocenters. The molecule has 0 heterocycles. The summed E-state index contributed by atoms with van der Waals surface area (Å²) in [6.07, 6.45) is 4.58. The number of aliphatic hydroxyl groups excluding tert-OH is 1. The van der Waals surface area contributed by atoms with Crippen LogP contribution in [0.3, 0.4) is 0 Å². The van der Waals surface area contributed by atoms with Crippen molar-refractivity contribution in [2.75, 3.05) is 0 Å². The van der Waals surface area contributed by atoms with Gasteiger partial charge < -0.3 is 0 Å². The summed E-state index contributed by atoms with van der Waals surface area (Å²) in [6.45, 7) is 2.01. The molecule has 3 aromatic carbocycles. The van der Waals surface area contributed by atoms with Gasteiger partial charge in [-0.2, -0.15) is 0 Å². The van der Waals surface area contributed by atoms with E-state index in [2.05, 4.69) is 97.1 Å². The molecule has 0 saturated carbocycles. The van der Waals surface area contributed by atoms with E-state index in [0.717, 1.165) is 10.9 Å². The number of aliphatic hydroxyl groups is 1. The molecule has 1 N–H and O–H groups in total. The third-order valence-corrected chi connectivity index (χ3v) is 18.7. The minimum atomic E-state index is -3.18. The van der Waals surface area contributed by atoms with Gasteiger partial charge in [0.15, 0.2) is 0 Å². The first-order chi connectivity index (χ1) is 12.8. The molecule has 0 aliphatic heterocycles. The molecule has 26 heavy (non-hydrogen) atoms. The third kappa shape index (κ3) is 4.11. The number of allylic oxidation sites excluding steroid dienone is 1. The van der Waals surface area contributed by atoms with Gasteiger partial charge in [-0.1, -0.05) is 0 Å². The number of hydrogen-bond donors (Lipinski definition) is 1. The summed E-state index contributed by atoms with van der Waals surface area (Å²) in [5.41, 5.74) is 0. The van der Waals surface area contributed by atoms with Crippen molar-refractivity contribution in [3.63, 3.8) is 0 Å². The van der Waals surface area contributed by atoms with Crippen molar-refractivity contribution in [3.8, 4) is 0 Å². The molecule has 0 aliphatic rings. The predicted molar refractivity (Wildman–Crippen MR) is 114 cm³/mol. The molecule has 1 atom stereocenters. The van der Waals surface area contributed by atoms with Gasteiger partial charge in [-0.05, 0) is 0 Å². The second-order valence-corrected chi connectivity index (χ2v) is 17.9. The summed E-state index contributed by atoms with van der Waals surface area (Å²) in [7, 11) is 0. The fraction of sp³-hybridized carbons (Fsp3) is 0.167. The molecule has 1 nitrogen and oxygen atoms in total. The standard InChI is InChI=1S/C6H11O.3C6H5.Sn/c1-3-5-6(7)4-2;3*1-2-4-6-5-3-1;/h3,5-7H,1,4H2,2H3;3*1-5H;/b5-3+;;;;. The molecule has 132 valence electrons. The van der Waals surface area contributed by atoms with E-state index >= 15 is 0 Å². The Hall–Kier alpha value is -1.84. The molecule has 0 radical (unpaired) electrons.